The van der Waals surface area contributed by atoms with Gasteiger partial charge in [-0.15, -0.1) is 0 Å². The monoisotopic (exact) mass is 255 g/mol. The molecule has 1 aliphatic carbocycles. The Morgan fingerprint density at radius 1 is 1.35 bits per heavy atom. The lowest BCUT2D eigenvalue weighted by Crippen LogP contribution is -2.24. The zero-order valence-corrected chi connectivity index (χ0v) is 10.4. The first-order valence-corrected chi connectivity index (χ1v) is 7.35. The second kappa shape index (κ2) is 5.06. The van der Waals surface area contributed by atoms with Gasteiger partial charge in [-0.1, -0.05) is 18.9 Å². The van der Waals surface area contributed by atoms with Gasteiger partial charge >= 0.3 is 0 Å². The molecule has 0 unspecified atom stereocenters. The molecular weight excluding hydrogens is 238 g/mol. The fourth-order valence-electron chi connectivity index (χ4n) is 1.74. The summed E-state index contributed by atoms with van der Waals surface area (Å²) in [6.45, 7) is 0.467. The van der Waals surface area contributed by atoms with Crippen LogP contribution in [0.3, 0.4) is 0 Å². The summed E-state index contributed by atoms with van der Waals surface area (Å²) in [6, 6.07) is 5.70. The van der Waals surface area contributed by atoms with Crippen LogP contribution in [0.2, 0.25) is 0 Å². The molecule has 0 atom stereocenters. The van der Waals surface area contributed by atoms with Gasteiger partial charge in [0.2, 0.25) is 10.0 Å². The Morgan fingerprint density at radius 2 is 2.12 bits per heavy atom. The molecule has 0 heterocycles. The molecule has 0 radical (unpaired) electrons. The summed E-state index contributed by atoms with van der Waals surface area (Å²) in [5.74, 6) is 0.783. The lowest BCUT2D eigenvalue weighted by molar-refractivity contribution is 0.473. The van der Waals surface area contributed by atoms with Crippen LogP contribution in [-0.2, 0) is 10.0 Å². The van der Waals surface area contributed by atoms with Crippen LogP contribution in [0.25, 0.3) is 0 Å². The van der Waals surface area contributed by atoms with Crippen molar-refractivity contribution in [1.29, 1.82) is 0 Å². The number of sulfonamides is 1. The molecule has 1 saturated carbocycles. The van der Waals surface area contributed by atoms with Gasteiger partial charge in [0.15, 0.2) is 0 Å². The first-order valence-electron chi connectivity index (χ1n) is 5.86. The van der Waals surface area contributed by atoms with E-state index in [1.165, 1.54) is 37.1 Å². The highest BCUT2D eigenvalue weighted by Crippen LogP contribution is 2.33. The van der Waals surface area contributed by atoms with Crippen molar-refractivity contribution in [3.05, 3.63) is 24.3 Å². The Morgan fingerprint density at radius 3 is 2.76 bits per heavy atom. The van der Waals surface area contributed by atoms with Crippen molar-refractivity contribution >= 4 is 10.0 Å². The summed E-state index contributed by atoms with van der Waals surface area (Å²) in [6.07, 6.45) is 4.56. The molecule has 5 heteroatoms. The molecule has 2 N–H and O–H groups in total. The van der Waals surface area contributed by atoms with E-state index in [4.69, 9.17) is 0 Å². The Balaban J connectivity index is 1.88. The zero-order valence-electron chi connectivity index (χ0n) is 9.59. The van der Waals surface area contributed by atoms with E-state index in [2.05, 4.69) is 4.72 Å². The standard InChI is InChI=1S/C12H17NO3S/c14-11-4-1-5-12(9-11)17(15,16)13-8-2-3-10-6-7-10/h1,4-5,9-10,13-14H,2-3,6-8H2. The largest absolute Gasteiger partial charge is 0.508 e. The highest BCUT2D eigenvalue weighted by molar-refractivity contribution is 7.89. The maximum absolute atomic E-state index is 11.8. The molecule has 0 saturated heterocycles. The van der Waals surface area contributed by atoms with Gasteiger partial charge in [0.05, 0.1) is 4.90 Å². The minimum Gasteiger partial charge on any atom is -0.508 e. The second-order valence-corrected chi connectivity index (χ2v) is 6.25. The molecule has 1 aromatic rings. The molecule has 17 heavy (non-hydrogen) atoms. The first-order chi connectivity index (χ1) is 8.08. The van der Waals surface area contributed by atoms with Crippen LogP contribution in [-0.4, -0.2) is 20.1 Å². The van der Waals surface area contributed by atoms with Crippen molar-refractivity contribution in [2.75, 3.05) is 6.54 Å². The highest BCUT2D eigenvalue weighted by Gasteiger charge is 2.20. The molecular formula is C12H17NO3S. The number of nitrogens with one attached hydrogen (secondary N) is 1. The van der Waals surface area contributed by atoms with Crippen LogP contribution in [0, 0.1) is 5.92 Å². The third-order valence-corrected chi connectivity index (χ3v) is 4.36. The average Bonchev–Trinajstić information content (AvgIpc) is 3.08. The third-order valence-electron chi connectivity index (χ3n) is 2.91. The Kier molecular flexibility index (Phi) is 3.69. The van der Waals surface area contributed by atoms with Gasteiger partial charge in [-0.25, -0.2) is 13.1 Å². The third kappa shape index (κ3) is 3.71. The topological polar surface area (TPSA) is 66.4 Å². The number of hydrogen-bond donors (Lipinski definition) is 2. The molecule has 0 spiro atoms. The van der Waals surface area contributed by atoms with E-state index in [9.17, 15) is 13.5 Å². The number of phenols is 1. The molecule has 0 aliphatic heterocycles. The van der Waals surface area contributed by atoms with Gasteiger partial charge in [-0.05, 0) is 37.0 Å². The van der Waals surface area contributed by atoms with Gasteiger partial charge < -0.3 is 5.11 Å². The van der Waals surface area contributed by atoms with Crippen molar-refractivity contribution in [2.24, 2.45) is 5.92 Å². The number of aromatic hydroxyl groups is 1. The van der Waals surface area contributed by atoms with Crippen molar-refractivity contribution < 1.29 is 13.5 Å². The summed E-state index contributed by atoms with van der Waals surface area (Å²) in [7, 11) is -3.47. The molecule has 1 fully saturated rings. The molecule has 0 amide bonds. The van der Waals surface area contributed by atoms with Crippen LogP contribution < -0.4 is 4.72 Å². The predicted octanol–water partition coefficient (Wildman–Crippen LogP) is 1.86. The van der Waals surface area contributed by atoms with Gasteiger partial charge in [-0.3, -0.25) is 0 Å². The predicted molar refractivity (Wildman–Crippen MR) is 65.3 cm³/mol. The van der Waals surface area contributed by atoms with E-state index in [1.54, 1.807) is 0 Å². The summed E-state index contributed by atoms with van der Waals surface area (Å²) in [4.78, 5) is 0.115. The van der Waals surface area contributed by atoms with E-state index in [1.807, 2.05) is 0 Å². The van der Waals surface area contributed by atoms with Crippen LogP contribution in [0.15, 0.2) is 29.2 Å². The molecule has 0 aromatic heterocycles. The average molecular weight is 255 g/mol. The van der Waals surface area contributed by atoms with E-state index in [0.29, 0.717) is 6.54 Å². The molecule has 94 valence electrons. The summed E-state index contributed by atoms with van der Waals surface area (Å²) >= 11 is 0. The summed E-state index contributed by atoms with van der Waals surface area (Å²) in [5.41, 5.74) is 0. The Bertz CT molecular complexity index is 480. The van der Waals surface area contributed by atoms with Gasteiger partial charge in [0, 0.05) is 6.54 Å². The van der Waals surface area contributed by atoms with Crippen LogP contribution >= 0.6 is 0 Å². The molecule has 4 nitrogen and oxygen atoms in total. The molecule has 1 aliphatic rings. The van der Waals surface area contributed by atoms with Crippen molar-refractivity contribution in [3.63, 3.8) is 0 Å². The summed E-state index contributed by atoms with van der Waals surface area (Å²) in [5, 5.41) is 9.24. The molecule has 1 aromatic carbocycles. The SMILES string of the molecule is O=S(=O)(NCCCC1CC1)c1cccc(O)c1. The maximum atomic E-state index is 11.8. The number of rotatable bonds is 6. The number of benzene rings is 1. The van der Waals surface area contributed by atoms with E-state index >= 15 is 0 Å². The van der Waals surface area contributed by atoms with Crippen LogP contribution in [0.1, 0.15) is 25.7 Å². The van der Waals surface area contributed by atoms with E-state index in [0.717, 1.165) is 18.8 Å². The first kappa shape index (κ1) is 12.4. The van der Waals surface area contributed by atoms with Gasteiger partial charge in [0.1, 0.15) is 5.75 Å². The lowest BCUT2D eigenvalue weighted by atomic mass is 10.2. The van der Waals surface area contributed by atoms with Gasteiger partial charge in [-0.2, -0.15) is 0 Å². The van der Waals surface area contributed by atoms with Gasteiger partial charge in [0.25, 0.3) is 0 Å². The van der Waals surface area contributed by atoms with Crippen molar-refractivity contribution in [1.82, 2.24) is 4.72 Å². The minimum atomic E-state index is -3.47. The quantitative estimate of drug-likeness (QED) is 0.762. The molecule has 2 rings (SSSR count). The highest BCUT2D eigenvalue weighted by atomic mass is 32.2. The zero-order chi connectivity index (χ0) is 12.3. The molecule has 0 bridgehead atoms. The van der Waals surface area contributed by atoms with Crippen LogP contribution in [0.4, 0.5) is 0 Å². The maximum Gasteiger partial charge on any atom is 0.240 e. The summed E-state index contributed by atoms with van der Waals surface area (Å²) < 4.78 is 26.2. The minimum absolute atomic E-state index is 0.0362. The van der Waals surface area contributed by atoms with E-state index < -0.39 is 10.0 Å². The Hall–Kier alpha value is -1.07. The number of phenolic OH excluding ortho intramolecular Hbond substituents is 1. The van der Waals surface area contributed by atoms with E-state index in [-0.39, 0.29) is 10.6 Å². The normalized spacial score (nSPS) is 16.0. The van der Waals surface area contributed by atoms with Crippen LogP contribution in [0.5, 0.6) is 5.75 Å². The van der Waals surface area contributed by atoms with Crippen molar-refractivity contribution in [2.45, 2.75) is 30.6 Å². The van der Waals surface area contributed by atoms with Crippen molar-refractivity contribution in [3.8, 4) is 5.75 Å². The second-order valence-electron chi connectivity index (χ2n) is 4.48. The Labute approximate surface area is 102 Å². The number of hydrogen-bond acceptors (Lipinski definition) is 3. The fraction of sp³-hybridized carbons (Fsp3) is 0.500. The smallest absolute Gasteiger partial charge is 0.240 e. The lowest BCUT2D eigenvalue weighted by Gasteiger charge is -2.06. The fourth-order valence-corrected chi connectivity index (χ4v) is 2.85.